The minimum absolute atomic E-state index is 0.0109. The lowest BCUT2D eigenvalue weighted by Gasteiger charge is -2.17. The molecule has 0 aliphatic carbocycles. The summed E-state index contributed by atoms with van der Waals surface area (Å²) in [4.78, 5) is 0. The molecule has 1 atom stereocenters. The number of halogens is 1. The molecule has 2 aromatic rings. The molecule has 0 aliphatic heterocycles. The Labute approximate surface area is 138 Å². The third-order valence-corrected chi connectivity index (χ3v) is 3.56. The van der Waals surface area contributed by atoms with Gasteiger partial charge in [-0.2, -0.15) is 0 Å². The molecule has 22 heavy (non-hydrogen) atoms. The first kappa shape index (κ1) is 16.6. The minimum Gasteiger partial charge on any atom is -0.457 e. The first-order valence-electron chi connectivity index (χ1n) is 6.88. The van der Waals surface area contributed by atoms with Crippen LogP contribution < -0.4 is 4.74 Å². The number of hydrogen-bond donors (Lipinski definition) is 2. The summed E-state index contributed by atoms with van der Waals surface area (Å²) < 4.78 is 6.72. The van der Waals surface area contributed by atoms with Crippen molar-refractivity contribution in [3.05, 3.63) is 58.6 Å². The lowest BCUT2D eigenvalue weighted by atomic mass is 9.96. The summed E-state index contributed by atoms with van der Waals surface area (Å²) in [6.45, 7) is 1.62. The molecule has 0 aromatic heterocycles. The molecular weight excluding hydrogens is 344 g/mol. The Hall–Kier alpha value is -1.80. The maximum Gasteiger partial charge on any atom is 0.148 e. The van der Waals surface area contributed by atoms with Gasteiger partial charge in [0, 0.05) is 10.9 Å². The fourth-order valence-corrected chi connectivity index (χ4v) is 2.11. The van der Waals surface area contributed by atoms with E-state index in [4.69, 9.17) is 9.84 Å². The second-order valence-corrected chi connectivity index (χ2v) is 5.84. The standard InChI is InChI=1S/C18H17BrO3/c1-18(21,12-2-3-13-20)14-4-8-16(9-5-14)22-17-10-6-15(19)7-11-17/h4-11,20-21H,3,13H2,1H3. The molecule has 0 fully saturated rings. The summed E-state index contributed by atoms with van der Waals surface area (Å²) >= 11 is 3.38. The second kappa shape index (κ2) is 7.46. The Morgan fingerprint density at radius 3 is 2.14 bits per heavy atom. The summed E-state index contributed by atoms with van der Waals surface area (Å²) in [6.07, 6.45) is 0.348. The van der Waals surface area contributed by atoms with Crippen LogP contribution in [0.4, 0.5) is 0 Å². The van der Waals surface area contributed by atoms with Crippen molar-refractivity contribution in [1.82, 2.24) is 0 Å². The van der Waals surface area contributed by atoms with Gasteiger partial charge in [-0.05, 0) is 48.9 Å². The van der Waals surface area contributed by atoms with Crippen LogP contribution in [0.25, 0.3) is 0 Å². The minimum atomic E-state index is -1.24. The number of hydrogen-bond acceptors (Lipinski definition) is 3. The Morgan fingerprint density at radius 1 is 1.05 bits per heavy atom. The Bertz CT molecular complexity index is 664. The van der Waals surface area contributed by atoms with Gasteiger partial charge in [0.1, 0.15) is 17.1 Å². The number of benzene rings is 2. The van der Waals surface area contributed by atoms with Crippen LogP contribution in [0.2, 0.25) is 0 Å². The lowest BCUT2D eigenvalue weighted by Crippen LogP contribution is -2.18. The van der Waals surface area contributed by atoms with Crippen molar-refractivity contribution in [2.75, 3.05) is 6.61 Å². The van der Waals surface area contributed by atoms with Gasteiger partial charge < -0.3 is 14.9 Å². The van der Waals surface area contributed by atoms with Crippen LogP contribution in [0.15, 0.2) is 53.0 Å². The average molecular weight is 361 g/mol. The van der Waals surface area contributed by atoms with Gasteiger partial charge in [-0.1, -0.05) is 39.9 Å². The van der Waals surface area contributed by atoms with E-state index in [2.05, 4.69) is 27.8 Å². The van der Waals surface area contributed by atoms with E-state index in [-0.39, 0.29) is 6.61 Å². The van der Waals surface area contributed by atoms with Crippen LogP contribution in [0.1, 0.15) is 18.9 Å². The second-order valence-electron chi connectivity index (χ2n) is 4.93. The van der Waals surface area contributed by atoms with Gasteiger partial charge in [-0.15, -0.1) is 0 Å². The number of aliphatic hydroxyl groups is 2. The summed E-state index contributed by atoms with van der Waals surface area (Å²) in [7, 11) is 0. The molecule has 2 aromatic carbocycles. The summed E-state index contributed by atoms with van der Waals surface area (Å²) in [5.74, 6) is 6.93. The van der Waals surface area contributed by atoms with E-state index in [0.29, 0.717) is 17.7 Å². The highest BCUT2D eigenvalue weighted by Crippen LogP contribution is 2.26. The first-order chi connectivity index (χ1) is 10.5. The number of rotatable bonds is 4. The lowest BCUT2D eigenvalue weighted by molar-refractivity contribution is 0.122. The molecule has 0 spiro atoms. The van der Waals surface area contributed by atoms with E-state index in [1.54, 1.807) is 31.2 Å². The van der Waals surface area contributed by atoms with Gasteiger partial charge in [0.15, 0.2) is 0 Å². The van der Waals surface area contributed by atoms with E-state index < -0.39 is 5.60 Å². The topological polar surface area (TPSA) is 49.7 Å². The molecule has 114 valence electrons. The normalized spacial score (nSPS) is 12.9. The SMILES string of the molecule is CC(O)(C#CCCO)c1ccc(Oc2ccc(Br)cc2)cc1. The molecule has 0 saturated carbocycles. The fraction of sp³-hybridized carbons (Fsp3) is 0.222. The first-order valence-corrected chi connectivity index (χ1v) is 7.68. The zero-order chi connectivity index (χ0) is 16.0. The molecule has 0 radical (unpaired) electrons. The van der Waals surface area contributed by atoms with Crippen LogP contribution in [0.5, 0.6) is 11.5 Å². The maximum atomic E-state index is 10.3. The zero-order valence-corrected chi connectivity index (χ0v) is 13.8. The van der Waals surface area contributed by atoms with Crippen molar-refractivity contribution in [2.45, 2.75) is 18.9 Å². The highest BCUT2D eigenvalue weighted by molar-refractivity contribution is 9.10. The summed E-state index contributed by atoms with van der Waals surface area (Å²) in [6, 6.07) is 14.7. The predicted octanol–water partition coefficient (Wildman–Crippen LogP) is 3.83. The molecular formula is C18H17BrO3. The maximum absolute atomic E-state index is 10.3. The van der Waals surface area contributed by atoms with Gasteiger partial charge in [0.05, 0.1) is 6.61 Å². The van der Waals surface area contributed by atoms with Crippen LogP contribution in [0, 0.1) is 11.8 Å². The van der Waals surface area contributed by atoms with E-state index >= 15 is 0 Å². The molecule has 0 aliphatic rings. The quantitative estimate of drug-likeness (QED) is 0.814. The zero-order valence-electron chi connectivity index (χ0n) is 12.2. The summed E-state index contributed by atoms with van der Waals surface area (Å²) in [5.41, 5.74) is -0.563. The highest BCUT2D eigenvalue weighted by atomic mass is 79.9. The number of ether oxygens (including phenoxy) is 1. The third-order valence-electron chi connectivity index (χ3n) is 3.03. The van der Waals surface area contributed by atoms with Crippen LogP contribution in [-0.4, -0.2) is 16.8 Å². The molecule has 1 unspecified atom stereocenters. The largest absolute Gasteiger partial charge is 0.457 e. The van der Waals surface area contributed by atoms with Crippen molar-refractivity contribution in [1.29, 1.82) is 0 Å². The van der Waals surface area contributed by atoms with Crippen molar-refractivity contribution >= 4 is 15.9 Å². The molecule has 0 saturated heterocycles. The fourth-order valence-electron chi connectivity index (χ4n) is 1.85. The highest BCUT2D eigenvalue weighted by Gasteiger charge is 2.19. The van der Waals surface area contributed by atoms with Gasteiger partial charge in [0.2, 0.25) is 0 Å². The van der Waals surface area contributed by atoms with Crippen molar-refractivity contribution in [2.24, 2.45) is 0 Å². The molecule has 0 amide bonds. The molecule has 2 N–H and O–H groups in total. The molecule has 4 heteroatoms. The van der Waals surface area contributed by atoms with E-state index in [1.807, 2.05) is 24.3 Å². The Kier molecular flexibility index (Phi) is 5.62. The smallest absolute Gasteiger partial charge is 0.148 e. The van der Waals surface area contributed by atoms with Crippen molar-refractivity contribution in [3.63, 3.8) is 0 Å². The molecule has 0 bridgehead atoms. The number of aliphatic hydroxyl groups excluding tert-OH is 1. The molecule has 0 heterocycles. The van der Waals surface area contributed by atoms with Gasteiger partial charge in [0.25, 0.3) is 0 Å². The van der Waals surface area contributed by atoms with Gasteiger partial charge >= 0.3 is 0 Å². The van der Waals surface area contributed by atoms with Crippen molar-refractivity contribution in [3.8, 4) is 23.3 Å². The Morgan fingerprint density at radius 2 is 1.59 bits per heavy atom. The molecule has 2 rings (SSSR count). The van der Waals surface area contributed by atoms with E-state index in [9.17, 15) is 5.11 Å². The van der Waals surface area contributed by atoms with Crippen LogP contribution in [-0.2, 0) is 5.60 Å². The van der Waals surface area contributed by atoms with Gasteiger partial charge in [-0.25, -0.2) is 0 Å². The van der Waals surface area contributed by atoms with Crippen LogP contribution >= 0.6 is 15.9 Å². The van der Waals surface area contributed by atoms with E-state index in [1.165, 1.54) is 0 Å². The van der Waals surface area contributed by atoms with E-state index in [0.717, 1.165) is 10.2 Å². The Balaban J connectivity index is 2.10. The van der Waals surface area contributed by atoms with Crippen LogP contribution in [0.3, 0.4) is 0 Å². The monoisotopic (exact) mass is 360 g/mol. The molecule has 3 nitrogen and oxygen atoms in total. The predicted molar refractivity (Wildman–Crippen MR) is 89.7 cm³/mol. The third kappa shape index (κ3) is 4.60. The van der Waals surface area contributed by atoms with Crippen molar-refractivity contribution < 1.29 is 14.9 Å². The average Bonchev–Trinajstić information content (AvgIpc) is 2.50. The summed E-state index contributed by atoms with van der Waals surface area (Å²) in [5, 5.41) is 19.0. The van der Waals surface area contributed by atoms with Gasteiger partial charge in [-0.3, -0.25) is 0 Å².